The van der Waals surface area contributed by atoms with Crippen molar-refractivity contribution in [3.05, 3.63) is 56.7 Å². The molecule has 0 amide bonds. The van der Waals surface area contributed by atoms with Crippen LogP contribution in [0.4, 0.5) is 5.82 Å². The van der Waals surface area contributed by atoms with Gasteiger partial charge in [-0.3, -0.25) is 0 Å². The van der Waals surface area contributed by atoms with Crippen LogP contribution in [0.3, 0.4) is 0 Å². The highest BCUT2D eigenvalue weighted by Crippen LogP contribution is 2.27. The zero-order valence-corrected chi connectivity index (χ0v) is 12.2. The maximum Gasteiger partial charge on any atom is 0.406 e. The van der Waals surface area contributed by atoms with Gasteiger partial charge in [-0.25, -0.2) is 0 Å². The van der Waals surface area contributed by atoms with Gasteiger partial charge >= 0.3 is 5.82 Å². The number of nitro groups is 1. The van der Waals surface area contributed by atoms with Crippen LogP contribution in [0.5, 0.6) is 11.5 Å². The van der Waals surface area contributed by atoms with Crippen LogP contribution in [0, 0.1) is 10.1 Å². The van der Waals surface area contributed by atoms with Gasteiger partial charge in [0.1, 0.15) is 18.6 Å². The van der Waals surface area contributed by atoms with E-state index >= 15 is 0 Å². The predicted octanol–water partition coefficient (Wildman–Crippen LogP) is 3.34. The second-order valence-corrected chi connectivity index (χ2v) is 4.69. The van der Waals surface area contributed by atoms with Crippen LogP contribution in [0.25, 0.3) is 0 Å². The number of ether oxygens (including phenoxy) is 2. The van der Waals surface area contributed by atoms with E-state index in [1.54, 1.807) is 19.2 Å². The van der Waals surface area contributed by atoms with Gasteiger partial charge in [0.15, 0.2) is 0 Å². The average molecular weight is 339 g/mol. The summed E-state index contributed by atoms with van der Waals surface area (Å²) in [6, 6.07) is 8.56. The van der Waals surface area contributed by atoms with E-state index in [1.165, 1.54) is 12.3 Å². The van der Waals surface area contributed by atoms with Crippen LogP contribution < -0.4 is 9.47 Å². The molecule has 0 saturated carbocycles. The second kappa shape index (κ2) is 6.33. The smallest absolute Gasteiger partial charge is 0.406 e. The van der Waals surface area contributed by atoms with E-state index in [0.29, 0.717) is 5.75 Å². The van der Waals surface area contributed by atoms with Gasteiger partial charge in [-0.1, -0.05) is 6.07 Å². The largest absolute Gasteiger partial charge is 0.496 e. The third kappa shape index (κ3) is 3.24. The van der Waals surface area contributed by atoms with Crippen molar-refractivity contribution in [1.29, 1.82) is 0 Å². The molecule has 0 aliphatic carbocycles. The van der Waals surface area contributed by atoms with Gasteiger partial charge < -0.3 is 19.6 Å². The minimum atomic E-state index is -0.570. The van der Waals surface area contributed by atoms with E-state index < -0.39 is 4.92 Å². The summed E-state index contributed by atoms with van der Waals surface area (Å²) < 4.78 is 11.4. The monoisotopic (exact) mass is 338 g/mol. The van der Waals surface area contributed by atoms with Gasteiger partial charge in [0, 0.05) is 0 Å². The summed E-state index contributed by atoms with van der Waals surface area (Å²) in [4.78, 5) is 13.9. The molecule has 2 aromatic rings. The highest BCUT2D eigenvalue weighted by Gasteiger charge is 2.15. The summed E-state index contributed by atoms with van der Waals surface area (Å²) in [5, 5.41) is 10.8. The van der Waals surface area contributed by atoms with E-state index in [-0.39, 0.29) is 18.2 Å². The lowest BCUT2D eigenvalue weighted by molar-refractivity contribution is -0.390. The molecule has 7 heteroatoms. The molecule has 20 heavy (non-hydrogen) atoms. The van der Waals surface area contributed by atoms with Crippen molar-refractivity contribution in [2.24, 2.45) is 0 Å². The van der Waals surface area contributed by atoms with Gasteiger partial charge in [0.05, 0.1) is 11.6 Å². The lowest BCUT2D eigenvalue weighted by atomic mass is 10.2. The summed E-state index contributed by atoms with van der Waals surface area (Å²) in [6.45, 7) is 0.203. The fraction of sp³-hybridized carbons (Fsp3) is 0.154. The molecule has 0 bridgehead atoms. The van der Waals surface area contributed by atoms with Gasteiger partial charge in [0.25, 0.3) is 0 Å². The zero-order valence-electron chi connectivity index (χ0n) is 10.6. The fourth-order valence-electron chi connectivity index (χ4n) is 1.59. The number of benzene rings is 1. The molecular formula is C13H11BrN2O4. The molecule has 6 nitrogen and oxygen atoms in total. The molecule has 0 saturated heterocycles. The quantitative estimate of drug-likeness (QED) is 0.617. The van der Waals surface area contributed by atoms with Gasteiger partial charge in [-0.2, -0.15) is 0 Å². The molecule has 0 aliphatic rings. The highest BCUT2D eigenvalue weighted by molar-refractivity contribution is 9.10. The van der Waals surface area contributed by atoms with Crippen molar-refractivity contribution in [1.82, 2.24) is 4.98 Å². The van der Waals surface area contributed by atoms with Crippen LogP contribution in [0.15, 0.2) is 41.0 Å². The first kappa shape index (κ1) is 14.3. The number of pyridine rings is 1. The van der Waals surface area contributed by atoms with E-state index in [0.717, 1.165) is 10.0 Å². The Morgan fingerprint density at radius 1 is 1.35 bits per heavy atom. The molecule has 2 rings (SSSR count). The third-order valence-corrected chi connectivity index (χ3v) is 3.15. The number of rotatable bonds is 5. The maximum atomic E-state index is 10.8. The molecule has 0 fully saturated rings. The van der Waals surface area contributed by atoms with E-state index in [2.05, 4.69) is 20.9 Å². The van der Waals surface area contributed by atoms with Crippen molar-refractivity contribution < 1.29 is 14.4 Å². The highest BCUT2D eigenvalue weighted by atomic mass is 79.9. The van der Waals surface area contributed by atoms with Crippen LogP contribution in [-0.2, 0) is 6.61 Å². The number of nitrogens with zero attached hydrogens (tertiary/aromatic N) is 2. The summed E-state index contributed by atoms with van der Waals surface area (Å²) in [5.41, 5.74) is 0.857. The number of hydrogen-bond donors (Lipinski definition) is 0. The predicted molar refractivity (Wildman–Crippen MR) is 75.9 cm³/mol. The lowest BCUT2D eigenvalue weighted by Crippen LogP contribution is -2.00. The van der Waals surface area contributed by atoms with Crippen molar-refractivity contribution in [3.8, 4) is 11.5 Å². The molecule has 0 spiro atoms. The molecule has 104 valence electrons. The molecule has 0 N–H and O–H groups in total. The van der Waals surface area contributed by atoms with Gasteiger partial charge in [-0.15, -0.1) is 0 Å². The Morgan fingerprint density at radius 3 is 2.80 bits per heavy atom. The molecule has 1 heterocycles. The van der Waals surface area contributed by atoms with E-state index in [9.17, 15) is 10.1 Å². The molecule has 0 atom stereocenters. The SMILES string of the molecule is COc1ccc(COc2cccnc2[N+](=O)[O-])cc1Br. The fourth-order valence-corrected chi connectivity index (χ4v) is 2.18. The standard InChI is InChI=1S/C13H11BrN2O4/c1-19-11-5-4-9(7-10(11)14)8-20-12-3-2-6-15-13(12)16(17)18/h2-7H,8H2,1H3. The van der Waals surface area contributed by atoms with Crippen molar-refractivity contribution in [2.45, 2.75) is 6.61 Å². The number of methoxy groups -OCH3 is 1. The third-order valence-electron chi connectivity index (χ3n) is 2.53. The summed E-state index contributed by atoms with van der Waals surface area (Å²) >= 11 is 3.37. The molecule has 1 aromatic heterocycles. The summed E-state index contributed by atoms with van der Waals surface area (Å²) in [5.74, 6) is 0.561. The van der Waals surface area contributed by atoms with E-state index in [1.807, 2.05) is 12.1 Å². The Bertz CT molecular complexity index is 634. The van der Waals surface area contributed by atoms with Crippen LogP contribution >= 0.6 is 15.9 Å². The normalized spacial score (nSPS) is 10.1. The van der Waals surface area contributed by atoms with Crippen molar-refractivity contribution >= 4 is 21.7 Å². The van der Waals surface area contributed by atoms with Crippen molar-refractivity contribution in [3.63, 3.8) is 0 Å². The first-order chi connectivity index (χ1) is 9.61. The lowest BCUT2D eigenvalue weighted by Gasteiger charge is -2.08. The number of aromatic nitrogens is 1. The molecule has 0 radical (unpaired) electrons. The van der Waals surface area contributed by atoms with Crippen LogP contribution in [0.1, 0.15) is 5.56 Å². The molecular weight excluding hydrogens is 328 g/mol. The Balaban J connectivity index is 2.13. The minimum Gasteiger partial charge on any atom is -0.496 e. The first-order valence-electron chi connectivity index (χ1n) is 5.66. The Morgan fingerprint density at radius 2 is 2.15 bits per heavy atom. The summed E-state index contributed by atoms with van der Waals surface area (Å²) in [6.07, 6.45) is 1.36. The number of halogens is 1. The molecule has 0 aliphatic heterocycles. The molecule has 1 aromatic carbocycles. The van der Waals surface area contributed by atoms with E-state index in [4.69, 9.17) is 9.47 Å². The second-order valence-electron chi connectivity index (χ2n) is 3.84. The summed E-state index contributed by atoms with van der Waals surface area (Å²) in [7, 11) is 1.58. The van der Waals surface area contributed by atoms with Crippen LogP contribution in [-0.4, -0.2) is 17.0 Å². The minimum absolute atomic E-state index is 0.143. The average Bonchev–Trinajstić information content (AvgIpc) is 2.45. The maximum absolute atomic E-state index is 10.8. The van der Waals surface area contributed by atoms with Crippen LogP contribution in [0.2, 0.25) is 0 Å². The Hall–Kier alpha value is -2.15. The van der Waals surface area contributed by atoms with Crippen molar-refractivity contribution in [2.75, 3.05) is 7.11 Å². The first-order valence-corrected chi connectivity index (χ1v) is 6.45. The molecule has 0 unspecified atom stereocenters. The number of hydrogen-bond acceptors (Lipinski definition) is 5. The van der Waals surface area contributed by atoms with Gasteiger partial charge in [-0.05, 0) is 55.7 Å². The zero-order chi connectivity index (χ0) is 14.5. The van der Waals surface area contributed by atoms with Gasteiger partial charge in [0.2, 0.25) is 5.75 Å². The Labute approximate surface area is 123 Å². The topological polar surface area (TPSA) is 74.5 Å². The Kier molecular flexibility index (Phi) is 4.52.